The molecule has 2 rings (SSSR count). The van der Waals surface area contributed by atoms with E-state index in [-0.39, 0.29) is 0 Å². The third-order valence-corrected chi connectivity index (χ3v) is 3.38. The van der Waals surface area contributed by atoms with Gasteiger partial charge in [-0.1, -0.05) is 18.2 Å². The molecule has 0 saturated carbocycles. The van der Waals surface area contributed by atoms with E-state index < -0.39 is 0 Å². The Labute approximate surface area is 106 Å². The van der Waals surface area contributed by atoms with Crippen LogP contribution in [0.4, 0.5) is 0 Å². The number of benzene rings is 1. The average Bonchev–Trinajstić information content (AvgIpc) is 2.88. The first-order valence-corrected chi connectivity index (χ1v) is 6.80. The first-order valence-electron chi connectivity index (χ1n) is 5.81. The van der Waals surface area contributed by atoms with Crippen LogP contribution in [0.3, 0.4) is 0 Å². The van der Waals surface area contributed by atoms with Gasteiger partial charge in [0.05, 0.1) is 6.54 Å². The lowest BCUT2D eigenvalue weighted by Gasteiger charge is -2.05. The van der Waals surface area contributed by atoms with Crippen molar-refractivity contribution in [3.8, 4) is 0 Å². The molecule has 0 spiro atoms. The molecule has 3 nitrogen and oxygen atoms in total. The summed E-state index contributed by atoms with van der Waals surface area (Å²) < 4.78 is 1.94. The summed E-state index contributed by atoms with van der Waals surface area (Å²) in [6, 6.07) is 12.4. The topological polar surface area (TPSA) is 29.9 Å². The van der Waals surface area contributed by atoms with Crippen LogP contribution in [0.25, 0.3) is 0 Å². The highest BCUT2D eigenvalue weighted by atomic mass is 32.2. The van der Waals surface area contributed by atoms with Crippen LogP contribution >= 0.6 is 11.8 Å². The molecule has 0 fully saturated rings. The maximum Gasteiger partial charge on any atom is 0.0533 e. The van der Waals surface area contributed by atoms with E-state index in [2.05, 4.69) is 34.7 Å². The van der Waals surface area contributed by atoms with Gasteiger partial charge < -0.3 is 5.32 Å². The Bertz CT molecular complexity index is 400. The molecular weight excluding hydrogens is 230 g/mol. The Balaban J connectivity index is 1.52. The van der Waals surface area contributed by atoms with E-state index in [1.807, 2.05) is 41.0 Å². The summed E-state index contributed by atoms with van der Waals surface area (Å²) in [6.07, 6.45) is 3.80. The van der Waals surface area contributed by atoms with Crippen LogP contribution in [0, 0.1) is 0 Å². The Morgan fingerprint density at radius 3 is 2.76 bits per heavy atom. The van der Waals surface area contributed by atoms with Gasteiger partial charge in [-0.25, -0.2) is 0 Å². The van der Waals surface area contributed by atoms with Crippen molar-refractivity contribution in [2.24, 2.45) is 0 Å². The average molecular weight is 247 g/mol. The minimum Gasteiger partial charge on any atom is -0.314 e. The smallest absolute Gasteiger partial charge is 0.0533 e. The van der Waals surface area contributed by atoms with Crippen molar-refractivity contribution in [3.05, 3.63) is 48.8 Å². The van der Waals surface area contributed by atoms with Gasteiger partial charge in [-0.2, -0.15) is 5.10 Å². The minimum absolute atomic E-state index is 0.934. The predicted molar refractivity (Wildman–Crippen MR) is 72.3 cm³/mol. The maximum atomic E-state index is 4.15. The Morgan fingerprint density at radius 2 is 2.00 bits per heavy atom. The van der Waals surface area contributed by atoms with Gasteiger partial charge in [0.2, 0.25) is 0 Å². The van der Waals surface area contributed by atoms with Crippen molar-refractivity contribution >= 4 is 11.8 Å². The summed E-state index contributed by atoms with van der Waals surface area (Å²) in [5, 5.41) is 7.57. The van der Waals surface area contributed by atoms with Crippen LogP contribution in [0.15, 0.2) is 53.7 Å². The van der Waals surface area contributed by atoms with Crippen LogP contribution in [0.2, 0.25) is 0 Å². The van der Waals surface area contributed by atoms with E-state index in [4.69, 9.17) is 0 Å². The number of thioether (sulfide) groups is 1. The Kier molecular flexibility index (Phi) is 5.13. The molecule has 0 atom stereocenters. The highest BCUT2D eigenvalue weighted by molar-refractivity contribution is 7.99. The Hall–Kier alpha value is -1.26. The van der Waals surface area contributed by atoms with Gasteiger partial charge in [0.1, 0.15) is 0 Å². The fourth-order valence-corrected chi connectivity index (χ4v) is 2.34. The standard InChI is InChI=1S/C13H17N3S/c1-2-5-13(6-3-1)17-12-9-14-8-11-16-10-4-7-15-16/h1-7,10,14H,8-9,11-12H2. The molecule has 0 unspecified atom stereocenters. The lowest BCUT2D eigenvalue weighted by Crippen LogP contribution is -2.22. The van der Waals surface area contributed by atoms with Crippen molar-refractivity contribution in [1.82, 2.24) is 15.1 Å². The van der Waals surface area contributed by atoms with Crippen LogP contribution in [0.1, 0.15) is 0 Å². The molecule has 2 aromatic rings. The number of nitrogens with zero attached hydrogens (tertiary/aromatic N) is 2. The van der Waals surface area contributed by atoms with E-state index in [1.54, 1.807) is 0 Å². The zero-order valence-electron chi connectivity index (χ0n) is 9.75. The molecule has 0 aliphatic rings. The molecule has 1 aromatic heterocycles. The number of nitrogens with one attached hydrogen (secondary N) is 1. The molecule has 1 heterocycles. The molecule has 90 valence electrons. The number of hydrogen-bond donors (Lipinski definition) is 1. The van der Waals surface area contributed by atoms with E-state index in [9.17, 15) is 0 Å². The van der Waals surface area contributed by atoms with Crippen LogP contribution < -0.4 is 5.32 Å². The summed E-state index contributed by atoms with van der Waals surface area (Å²) in [5.41, 5.74) is 0. The Morgan fingerprint density at radius 1 is 1.12 bits per heavy atom. The lowest BCUT2D eigenvalue weighted by atomic mass is 10.4. The quantitative estimate of drug-likeness (QED) is 0.601. The molecule has 0 aliphatic carbocycles. The van der Waals surface area contributed by atoms with E-state index in [1.165, 1.54) is 4.90 Å². The summed E-state index contributed by atoms with van der Waals surface area (Å²) in [5.74, 6) is 1.10. The second-order valence-corrected chi connectivity index (χ2v) is 4.85. The molecule has 0 amide bonds. The van der Waals surface area contributed by atoms with Crippen molar-refractivity contribution in [2.75, 3.05) is 18.8 Å². The monoisotopic (exact) mass is 247 g/mol. The normalized spacial score (nSPS) is 10.6. The summed E-state index contributed by atoms with van der Waals surface area (Å²) in [4.78, 5) is 1.33. The fraction of sp³-hybridized carbons (Fsp3) is 0.308. The molecule has 1 N–H and O–H groups in total. The third-order valence-electron chi connectivity index (χ3n) is 2.37. The molecule has 1 aromatic carbocycles. The van der Waals surface area contributed by atoms with Crippen molar-refractivity contribution in [1.29, 1.82) is 0 Å². The zero-order chi connectivity index (χ0) is 11.8. The number of hydrogen-bond acceptors (Lipinski definition) is 3. The molecule has 4 heteroatoms. The molecular formula is C13H17N3S. The van der Waals surface area contributed by atoms with Gasteiger partial charge in [0, 0.05) is 36.1 Å². The summed E-state index contributed by atoms with van der Waals surface area (Å²) in [6.45, 7) is 2.93. The fourth-order valence-electron chi connectivity index (χ4n) is 1.51. The summed E-state index contributed by atoms with van der Waals surface area (Å²) >= 11 is 1.88. The van der Waals surface area contributed by atoms with E-state index in [0.29, 0.717) is 0 Å². The van der Waals surface area contributed by atoms with Crippen molar-refractivity contribution < 1.29 is 0 Å². The van der Waals surface area contributed by atoms with Gasteiger partial charge in [-0.15, -0.1) is 11.8 Å². The molecule has 0 saturated heterocycles. The minimum atomic E-state index is 0.934. The molecule has 0 aliphatic heterocycles. The van der Waals surface area contributed by atoms with Gasteiger partial charge in [0.15, 0.2) is 0 Å². The van der Waals surface area contributed by atoms with Crippen LogP contribution in [-0.4, -0.2) is 28.6 Å². The predicted octanol–water partition coefficient (Wildman–Crippen LogP) is 2.26. The van der Waals surface area contributed by atoms with Gasteiger partial charge in [0.25, 0.3) is 0 Å². The second kappa shape index (κ2) is 7.14. The van der Waals surface area contributed by atoms with Gasteiger partial charge >= 0.3 is 0 Å². The van der Waals surface area contributed by atoms with Crippen molar-refractivity contribution in [3.63, 3.8) is 0 Å². The van der Waals surface area contributed by atoms with Crippen LogP contribution in [-0.2, 0) is 6.54 Å². The van der Waals surface area contributed by atoms with Crippen LogP contribution in [0.5, 0.6) is 0 Å². The molecule has 0 bridgehead atoms. The largest absolute Gasteiger partial charge is 0.314 e. The lowest BCUT2D eigenvalue weighted by molar-refractivity contribution is 0.567. The highest BCUT2D eigenvalue weighted by Gasteiger charge is 1.93. The van der Waals surface area contributed by atoms with Gasteiger partial charge in [-0.3, -0.25) is 4.68 Å². The van der Waals surface area contributed by atoms with Crippen molar-refractivity contribution in [2.45, 2.75) is 11.4 Å². The zero-order valence-corrected chi connectivity index (χ0v) is 10.6. The van der Waals surface area contributed by atoms with E-state index >= 15 is 0 Å². The molecule has 17 heavy (non-hydrogen) atoms. The SMILES string of the molecule is c1ccc(SCCNCCn2cccn2)cc1. The molecule has 0 radical (unpaired) electrons. The number of aromatic nitrogens is 2. The summed E-state index contributed by atoms with van der Waals surface area (Å²) in [7, 11) is 0. The van der Waals surface area contributed by atoms with E-state index in [0.717, 1.165) is 25.4 Å². The maximum absolute atomic E-state index is 4.15. The van der Waals surface area contributed by atoms with Gasteiger partial charge in [-0.05, 0) is 18.2 Å². The number of rotatable bonds is 7. The second-order valence-electron chi connectivity index (χ2n) is 3.68. The third kappa shape index (κ3) is 4.63. The first-order chi connectivity index (χ1) is 8.45. The highest BCUT2D eigenvalue weighted by Crippen LogP contribution is 2.15. The first kappa shape index (κ1) is 12.2.